The molecule has 1 aromatic rings. The molecule has 0 aromatic carbocycles. The molecule has 1 N–H and O–H groups in total. The number of nitrogens with one attached hydrogen (secondary N) is 1. The molecule has 0 aliphatic carbocycles. The minimum absolute atomic E-state index is 0.691. The van der Waals surface area contributed by atoms with Crippen LogP contribution >= 0.6 is 27.3 Å². The molecule has 12 heavy (non-hydrogen) atoms. The smallest absolute Gasteiger partial charge is 0.0285 e. The highest BCUT2D eigenvalue weighted by molar-refractivity contribution is 9.10. The standard InChI is InChI=1S/C9H12BrNS/c1-6-2-7(4-11-6)9-3-8(10)5-12-9/h3,5-7,11H,2,4H2,1H3. The number of thiophene rings is 1. The molecule has 0 bridgehead atoms. The van der Waals surface area contributed by atoms with Crippen molar-refractivity contribution in [1.29, 1.82) is 0 Å². The first kappa shape index (κ1) is 8.73. The number of rotatable bonds is 1. The van der Waals surface area contributed by atoms with Gasteiger partial charge in [-0.3, -0.25) is 0 Å². The lowest BCUT2D eigenvalue weighted by molar-refractivity contribution is 0.659. The molecule has 3 heteroatoms. The second-order valence-electron chi connectivity index (χ2n) is 3.41. The Kier molecular flexibility index (Phi) is 2.53. The third-order valence-electron chi connectivity index (χ3n) is 2.34. The summed E-state index contributed by atoms with van der Waals surface area (Å²) in [5.74, 6) is 0.747. The maximum absolute atomic E-state index is 3.48. The molecule has 1 fully saturated rings. The molecule has 1 saturated heterocycles. The van der Waals surface area contributed by atoms with Gasteiger partial charge in [-0.05, 0) is 35.3 Å². The van der Waals surface area contributed by atoms with E-state index in [-0.39, 0.29) is 0 Å². The third kappa shape index (κ3) is 1.73. The summed E-state index contributed by atoms with van der Waals surface area (Å²) < 4.78 is 1.22. The van der Waals surface area contributed by atoms with Gasteiger partial charge in [0.05, 0.1) is 0 Å². The van der Waals surface area contributed by atoms with Gasteiger partial charge in [0.2, 0.25) is 0 Å². The second kappa shape index (κ2) is 3.48. The van der Waals surface area contributed by atoms with Crippen LogP contribution in [-0.2, 0) is 0 Å². The lowest BCUT2D eigenvalue weighted by Crippen LogP contribution is -2.16. The Labute approximate surface area is 85.3 Å². The van der Waals surface area contributed by atoms with E-state index < -0.39 is 0 Å². The third-order valence-corrected chi connectivity index (χ3v) is 4.20. The molecule has 1 nitrogen and oxygen atoms in total. The number of hydrogen-bond acceptors (Lipinski definition) is 2. The van der Waals surface area contributed by atoms with Gasteiger partial charge >= 0.3 is 0 Å². The quantitative estimate of drug-likeness (QED) is 0.803. The Morgan fingerprint density at radius 3 is 3.00 bits per heavy atom. The first-order valence-electron chi connectivity index (χ1n) is 4.23. The van der Waals surface area contributed by atoms with Gasteiger partial charge in [0.25, 0.3) is 0 Å². The molecule has 0 spiro atoms. The fraction of sp³-hybridized carbons (Fsp3) is 0.556. The molecule has 66 valence electrons. The minimum Gasteiger partial charge on any atom is -0.314 e. The van der Waals surface area contributed by atoms with Crippen molar-refractivity contribution in [2.24, 2.45) is 0 Å². The van der Waals surface area contributed by atoms with Crippen molar-refractivity contribution in [3.63, 3.8) is 0 Å². The van der Waals surface area contributed by atoms with Crippen LogP contribution in [0.4, 0.5) is 0 Å². The normalized spacial score (nSPS) is 29.5. The first-order valence-corrected chi connectivity index (χ1v) is 5.90. The lowest BCUT2D eigenvalue weighted by atomic mass is 10.1. The predicted octanol–water partition coefficient (Wildman–Crippen LogP) is 2.98. The van der Waals surface area contributed by atoms with Crippen LogP contribution in [0.15, 0.2) is 15.9 Å². The molecule has 2 unspecified atom stereocenters. The van der Waals surface area contributed by atoms with E-state index in [2.05, 4.69) is 39.6 Å². The highest BCUT2D eigenvalue weighted by atomic mass is 79.9. The molecule has 0 saturated carbocycles. The largest absolute Gasteiger partial charge is 0.314 e. The molecule has 1 aliphatic heterocycles. The van der Waals surface area contributed by atoms with Crippen LogP contribution in [-0.4, -0.2) is 12.6 Å². The van der Waals surface area contributed by atoms with Gasteiger partial charge in [-0.15, -0.1) is 11.3 Å². The van der Waals surface area contributed by atoms with Crippen LogP contribution in [0.5, 0.6) is 0 Å². The monoisotopic (exact) mass is 245 g/mol. The van der Waals surface area contributed by atoms with Crippen molar-refractivity contribution in [3.05, 3.63) is 20.8 Å². The zero-order valence-corrected chi connectivity index (χ0v) is 9.41. The summed E-state index contributed by atoms with van der Waals surface area (Å²) in [5.41, 5.74) is 0. The van der Waals surface area contributed by atoms with Gasteiger partial charge in [0.1, 0.15) is 0 Å². The molecule has 1 aromatic heterocycles. The SMILES string of the molecule is CC1CC(c2cc(Br)cs2)CN1. The Bertz CT molecular complexity index is 271. The average Bonchev–Trinajstić information content (AvgIpc) is 2.58. The van der Waals surface area contributed by atoms with E-state index in [1.165, 1.54) is 15.8 Å². The van der Waals surface area contributed by atoms with Gasteiger partial charge in [0, 0.05) is 33.2 Å². The van der Waals surface area contributed by atoms with E-state index in [0.29, 0.717) is 6.04 Å². The van der Waals surface area contributed by atoms with Crippen molar-refractivity contribution >= 4 is 27.3 Å². The molecule has 2 rings (SSSR count). The molecule has 0 amide bonds. The molecular weight excluding hydrogens is 234 g/mol. The molecule has 1 aliphatic rings. The van der Waals surface area contributed by atoms with E-state index in [9.17, 15) is 0 Å². The second-order valence-corrected chi connectivity index (χ2v) is 5.27. The summed E-state index contributed by atoms with van der Waals surface area (Å²) >= 11 is 5.35. The molecule has 2 atom stereocenters. The Hall–Kier alpha value is 0.140. The summed E-state index contributed by atoms with van der Waals surface area (Å²) in [4.78, 5) is 1.51. The Morgan fingerprint density at radius 1 is 1.67 bits per heavy atom. The van der Waals surface area contributed by atoms with E-state index in [4.69, 9.17) is 0 Å². The number of halogens is 1. The van der Waals surface area contributed by atoms with Crippen molar-refractivity contribution in [2.45, 2.75) is 25.3 Å². The Morgan fingerprint density at radius 2 is 2.50 bits per heavy atom. The van der Waals surface area contributed by atoms with Gasteiger partial charge in [-0.2, -0.15) is 0 Å². The summed E-state index contributed by atoms with van der Waals surface area (Å²) in [5, 5.41) is 5.63. The maximum atomic E-state index is 3.48. The van der Waals surface area contributed by atoms with Crippen LogP contribution in [0.3, 0.4) is 0 Å². The average molecular weight is 246 g/mol. The van der Waals surface area contributed by atoms with E-state index in [1.807, 2.05) is 11.3 Å². The minimum atomic E-state index is 0.691. The Balaban J connectivity index is 2.11. The summed E-state index contributed by atoms with van der Waals surface area (Å²) in [7, 11) is 0. The highest BCUT2D eigenvalue weighted by Gasteiger charge is 2.22. The fourth-order valence-electron chi connectivity index (χ4n) is 1.70. The highest BCUT2D eigenvalue weighted by Crippen LogP contribution is 2.32. The predicted molar refractivity (Wildman–Crippen MR) is 56.8 cm³/mol. The summed E-state index contributed by atoms with van der Waals surface area (Å²) in [6.07, 6.45) is 1.28. The topological polar surface area (TPSA) is 12.0 Å². The molecule has 0 radical (unpaired) electrons. The van der Waals surface area contributed by atoms with Crippen LogP contribution in [0.2, 0.25) is 0 Å². The van der Waals surface area contributed by atoms with Crippen LogP contribution < -0.4 is 5.32 Å². The van der Waals surface area contributed by atoms with E-state index in [0.717, 1.165) is 12.5 Å². The van der Waals surface area contributed by atoms with Crippen LogP contribution in [0, 0.1) is 0 Å². The lowest BCUT2D eigenvalue weighted by Gasteiger charge is -2.03. The van der Waals surface area contributed by atoms with Crippen molar-refractivity contribution in [2.75, 3.05) is 6.54 Å². The number of hydrogen-bond donors (Lipinski definition) is 1. The van der Waals surface area contributed by atoms with E-state index >= 15 is 0 Å². The summed E-state index contributed by atoms with van der Waals surface area (Å²) in [6.45, 7) is 3.40. The van der Waals surface area contributed by atoms with Crippen molar-refractivity contribution in [1.82, 2.24) is 5.32 Å². The zero-order valence-electron chi connectivity index (χ0n) is 7.01. The van der Waals surface area contributed by atoms with E-state index in [1.54, 1.807) is 0 Å². The van der Waals surface area contributed by atoms with Gasteiger partial charge < -0.3 is 5.32 Å². The fourth-order valence-corrected chi connectivity index (χ4v) is 3.26. The maximum Gasteiger partial charge on any atom is 0.0285 e. The van der Waals surface area contributed by atoms with Crippen LogP contribution in [0.25, 0.3) is 0 Å². The molecular formula is C9H12BrNS. The van der Waals surface area contributed by atoms with Gasteiger partial charge in [-0.1, -0.05) is 0 Å². The summed E-state index contributed by atoms with van der Waals surface area (Å²) in [6, 6.07) is 2.94. The van der Waals surface area contributed by atoms with Crippen LogP contribution in [0.1, 0.15) is 24.1 Å². The van der Waals surface area contributed by atoms with Crippen molar-refractivity contribution < 1.29 is 0 Å². The zero-order chi connectivity index (χ0) is 8.55. The first-order chi connectivity index (χ1) is 5.75. The van der Waals surface area contributed by atoms with Crippen molar-refractivity contribution in [3.8, 4) is 0 Å². The van der Waals surface area contributed by atoms with Gasteiger partial charge in [0.15, 0.2) is 0 Å². The molecule has 2 heterocycles. The van der Waals surface area contributed by atoms with Gasteiger partial charge in [-0.25, -0.2) is 0 Å².